The summed E-state index contributed by atoms with van der Waals surface area (Å²) in [7, 11) is -2.25. The standard InChI is InChI=1S/C11H12N4O4S/c1-14(20(18,19)11-6-12-13-7-11)8-9-3-2-4-10(5-9)15(16)17/h2-7H,8H2,1H3,(H,12,13). The zero-order valence-electron chi connectivity index (χ0n) is 10.6. The topological polar surface area (TPSA) is 109 Å². The summed E-state index contributed by atoms with van der Waals surface area (Å²) in [5.74, 6) is 0. The van der Waals surface area contributed by atoms with Crippen LogP contribution in [-0.4, -0.2) is 34.9 Å². The molecule has 106 valence electrons. The van der Waals surface area contributed by atoms with Crippen molar-refractivity contribution >= 4 is 15.7 Å². The predicted molar refractivity (Wildman–Crippen MR) is 70.3 cm³/mol. The SMILES string of the molecule is CN(Cc1cccc([N+](=O)[O-])c1)S(=O)(=O)c1cn[nH]c1. The van der Waals surface area contributed by atoms with Crippen LogP contribution in [-0.2, 0) is 16.6 Å². The lowest BCUT2D eigenvalue weighted by Gasteiger charge is -2.15. The molecule has 0 saturated heterocycles. The van der Waals surface area contributed by atoms with Crippen LogP contribution in [0.5, 0.6) is 0 Å². The van der Waals surface area contributed by atoms with E-state index < -0.39 is 14.9 Å². The summed E-state index contributed by atoms with van der Waals surface area (Å²) in [5, 5.41) is 16.7. The number of H-pyrrole nitrogens is 1. The van der Waals surface area contributed by atoms with Crippen molar-refractivity contribution in [2.75, 3.05) is 7.05 Å². The molecule has 0 atom stereocenters. The quantitative estimate of drug-likeness (QED) is 0.657. The highest BCUT2D eigenvalue weighted by Crippen LogP contribution is 2.18. The summed E-state index contributed by atoms with van der Waals surface area (Å²) < 4.78 is 25.4. The van der Waals surface area contributed by atoms with Gasteiger partial charge in [-0.15, -0.1) is 0 Å². The number of rotatable bonds is 5. The molecule has 2 aromatic rings. The Morgan fingerprint density at radius 2 is 2.20 bits per heavy atom. The van der Waals surface area contributed by atoms with Gasteiger partial charge in [-0.3, -0.25) is 15.2 Å². The van der Waals surface area contributed by atoms with Gasteiger partial charge < -0.3 is 0 Å². The molecule has 9 heteroatoms. The molecule has 20 heavy (non-hydrogen) atoms. The number of non-ortho nitro benzene ring substituents is 1. The molecular formula is C11H12N4O4S. The average molecular weight is 296 g/mol. The molecule has 0 aliphatic carbocycles. The normalized spacial score (nSPS) is 11.7. The first kappa shape index (κ1) is 14.2. The van der Waals surface area contributed by atoms with Crippen LogP contribution in [0.4, 0.5) is 5.69 Å². The summed E-state index contributed by atoms with van der Waals surface area (Å²) >= 11 is 0. The van der Waals surface area contributed by atoms with E-state index in [2.05, 4.69) is 10.2 Å². The Hall–Kier alpha value is -2.26. The molecule has 0 unspecified atom stereocenters. The number of nitro groups is 1. The van der Waals surface area contributed by atoms with Crippen LogP contribution in [0.2, 0.25) is 0 Å². The van der Waals surface area contributed by atoms with Crippen molar-refractivity contribution < 1.29 is 13.3 Å². The zero-order chi connectivity index (χ0) is 14.8. The maximum Gasteiger partial charge on any atom is 0.269 e. The molecule has 2 rings (SSSR count). The van der Waals surface area contributed by atoms with E-state index in [1.165, 1.54) is 37.6 Å². The largest absolute Gasteiger partial charge is 0.284 e. The summed E-state index contributed by atoms with van der Waals surface area (Å²) in [6.07, 6.45) is 2.48. The number of sulfonamides is 1. The summed E-state index contributed by atoms with van der Waals surface area (Å²) in [4.78, 5) is 10.2. The van der Waals surface area contributed by atoms with E-state index in [4.69, 9.17) is 0 Å². The van der Waals surface area contributed by atoms with Crippen LogP contribution in [0, 0.1) is 10.1 Å². The second-order valence-electron chi connectivity index (χ2n) is 4.12. The van der Waals surface area contributed by atoms with E-state index in [0.29, 0.717) is 5.56 Å². The summed E-state index contributed by atoms with van der Waals surface area (Å²) in [6, 6.07) is 5.86. The van der Waals surface area contributed by atoms with Crippen LogP contribution in [0.25, 0.3) is 0 Å². The van der Waals surface area contributed by atoms with E-state index in [-0.39, 0.29) is 17.1 Å². The number of aromatic amines is 1. The lowest BCUT2D eigenvalue weighted by atomic mass is 10.2. The lowest BCUT2D eigenvalue weighted by molar-refractivity contribution is -0.384. The molecule has 0 spiro atoms. The molecular weight excluding hydrogens is 284 g/mol. The monoisotopic (exact) mass is 296 g/mol. The molecule has 0 aliphatic rings. The van der Waals surface area contributed by atoms with Gasteiger partial charge >= 0.3 is 0 Å². The highest BCUT2D eigenvalue weighted by atomic mass is 32.2. The molecule has 1 aromatic carbocycles. The molecule has 0 amide bonds. The van der Waals surface area contributed by atoms with Crippen molar-refractivity contribution in [3.63, 3.8) is 0 Å². The van der Waals surface area contributed by atoms with E-state index in [9.17, 15) is 18.5 Å². The van der Waals surface area contributed by atoms with E-state index >= 15 is 0 Å². The van der Waals surface area contributed by atoms with Crippen molar-refractivity contribution in [1.29, 1.82) is 0 Å². The minimum atomic E-state index is -3.66. The van der Waals surface area contributed by atoms with Gasteiger partial charge in [-0.25, -0.2) is 8.42 Å². The molecule has 0 fully saturated rings. The minimum Gasteiger partial charge on any atom is -0.284 e. The number of nitrogens with one attached hydrogen (secondary N) is 1. The molecule has 1 heterocycles. The van der Waals surface area contributed by atoms with E-state index in [1.807, 2.05) is 0 Å². The van der Waals surface area contributed by atoms with Crippen molar-refractivity contribution in [3.05, 3.63) is 52.3 Å². The van der Waals surface area contributed by atoms with Crippen molar-refractivity contribution in [2.45, 2.75) is 11.4 Å². The van der Waals surface area contributed by atoms with Crippen molar-refractivity contribution in [1.82, 2.24) is 14.5 Å². The maximum absolute atomic E-state index is 12.1. The van der Waals surface area contributed by atoms with Gasteiger partial charge in [0, 0.05) is 31.9 Å². The average Bonchev–Trinajstić information content (AvgIpc) is 2.93. The van der Waals surface area contributed by atoms with E-state index in [1.54, 1.807) is 6.07 Å². The van der Waals surface area contributed by atoms with Crippen LogP contribution in [0.1, 0.15) is 5.56 Å². The Morgan fingerprint density at radius 3 is 2.80 bits per heavy atom. The van der Waals surface area contributed by atoms with Gasteiger partial charge in [-0.05, 0) is 5.56 Å². The van der Waals surface area contributed by atoms with Crippen molar-refractivity contribution in [3.8, 4) is 0 Å². The Labute approximate surface area is 115 Å². The predicted octanol–water partition coefficient (Wildman–Crippen LogP) is 1.14. The third kappa shape index (κ3) is 2.83. The third-order valence-electron chi connectivity index (χ3n) is 2.71. The van der Waals surface area contributed by atoms with Gasteiger partial charge in [0.15, 0.2) is 0 Å². The first-order chi connectivity index (χ1) is 9.41. The first-order valence-corrected chi connectivity index (χ1v) is 7.04. The second-order valence-corrected chi connectivity index (χ2v) is 6.17. The first-order valence-electron chi connectivity index (χ1n) is 5.59. The highest BCUT2D eigenvalue weighted by molar-refractivity contribution is 7.89. The molecule has 0 aliphatic heterocycles. The second kappa shape index (κ2) is 5.39. The number of aromatic nitrogens is 2. The lowest BCUT2D eigenvalue weighted by Crippen LogP contribution is -2.26. The Morgan fingerprint density at radius 1 is 1.45 bits per heavy atom. The third-order valence-corrected chi connectivity index (χ3v) is 4.48. The smallest absolute Gasteiger partial charge is 0.269 e. The van der Waals surface area contributed by atoms with Gasteiger partial charge in [-0.1, -0.05) is 12.1 Å². The maximum atomic E-state index is 12.1. The highest BCUT2D eigenvalue weighted by Gasteiger charge is 2.22. The number of benzene rings is 1. The van der Waals surface area contributed by atoms with Crippen LogP contribution < -0.4 is 0 Å². The van der Waals surface area contributed by atoms with Gasteiger partial charge in [0.25, 0.3) is 5.69 Å². The van der Waals surface area contributed by atoms with Gasteiger partial charge in [0.05, 0.1) is 11.1 Å². The summed E-state index contributed by atoms with van der Waals surface area (Å²) in [6.45, 7) is 0.0369. The molecule has 0 radical (unpaired) electrons. The fraction of sp³-hybridized carbons (Fsp3) is 0.182. The molecule has 0 saturated carbocycles. The van der Waals surface area contributed by atoms with Crippen LogP contribution in [0.15, 0.2) is 41.6 Å². The molecule has 1 aromatic heterocycles. The fourth-order valence-corrected chi connectivity index (χ4v) is 2.74. The number of hydrogen-bond donors (Lipinski definition) is 1. The fourth-order valence-electron chi connectivity index (χ4n) is 1.67. The van der Waals surface area contributed by atoms with E-state index in [0.717, 1.165) is 4.31 Å². The van der Waals surface area contributed by atoms with Crippen molar-refractivity contribution in [2.24, 2.45) is 0 Å². The minimum absolute atomic E-state index is 0.0369. The molecule has 0 bridgehead atoms. The Balaban J connectivity index is 2.22. The number of nitrogens with zero attached hydrogens (tertiary/aromatic N) is 3. The Kier molecular flexibility index (Phi) is 3.81. The van der Waals surface area contributed by atoms with Gasteiger partial charge in [-0.2, -0.15) is 9.40 Å². The number of nitro benzene ring substituents is 1. The van der Waals surface area contributed by atoms with Gasteiger partial charge in [0.2, 0.25) is 10.0 Å². The molecule has 8 nitrogen and oxygen atoms in total. The number of hydrogen-bond acceptors (Lipinski definition) is 5. The van der Waals surface area contributed by atoms with Crippen LogP contribution in [0.3, 0.4) is 0 Å². The van der Waals surface area contributed by atoms with Crippen LogP contribution >= 0.6 is 0 Å². The molecule has 1 N–H and O–H groups in total. The summed E-state index contributed by atoms with van der Waals surface area (Å²) in [5.41, 5.74) is 0.463. The van der Waals surface area contributed by atoms with Gasteiger partial charge in [0.1, 0.15) is 4.90 Å². The zero-order valence-corrected chi connectivity index (χ0v) is 11.4. The Bertz CT molecular complexity index is 712.